The van der Waals surface area contributed by atoms with Crippen LogP contribution in [0.2, 0.25) is 0 Å². The van der Waals surface area contributed by atoms with E-state index in [9.17, 15) is 0 Å². The molecule has 1 saturated heterocycles. The summed E-state index contributed by atoms with van der Waals surface area (Å²) in [5, 5.41) is 0. The average molecular weight is 335 g/mol. The monoisotopic (exact) mass is 335 g/mol. The molecule has 2 aliphatic rings. The van der Waals surface area contributed by atoms with Crippen LogP contribution in [-0.4, -0.2) is 0 Å². The molecule has 2 unspecified atom stereocenters. The van der Waals surface area contributed by atoms with E-state index in [1.165, 1.54) is 22.5 Å². The molecule has 0 aromatic heterocycles. The third-order valence-electron chi connectivity index (χ3n) is 3.40. The van der Waals surface area contributed by atoms with E-state index in [-0.39, 0.29) is 12.2 Å². The Morgan fingerprint density at radius 1 is 0.824 bits per heavy atom. The van der Waals surface area contributed by atoms with Crippen LogP contribution >= 0.6 is 22.9 Å². The highest BCUT2D eigenvalue weighted by Crippen LogP contribution is 2.59. The van der Waals surface area contributed by atoms with Crippen LogP contribution in [0.1, 0.15) is 23.3 Å². The number of benzene rings is 2. The average Bonchev–Trinajstić information content (AvgIpc) is 3.18. The molecule has 2 nitrogen and oxygen atoms in total. The molecular formula is C14H10INO. The topological polar surface area (TPSA) is 15.8 Å². The first-order valence-corrected chi connectivity index (χ1v) is 6.62. The van der Waals surface area contributed by atoms with Crippen LogP contribution in [0.4, 0.5) is 11.4 Å². The normalized spacial score (nSPS) is 24.4. The van der Waals surface area contributed by atoms with Gasteiger partial charge in [-0.2, -0.15) is 0 Å². The van der Waals surface area contributed by atoms with Crippen LogP contribution in [0.25, 0.3) is 0 Å². The third-order valence-corrected chi connectivity index (χ3v) is 4.44. The standard InChI is InChI=1S/C14H10INO/c15-16-11-7-3-1-5-9(11)13-14(17-13)10-6-2-4-8-12(10)16/h1-8,13-14H. The summed E-state index contributed by atoms with van der Waals surface area (Å²) < 4.78 is 8.06. The molecule has 17 heavy (non-hydrogen) atoms. The third kappa shape index (κ3) is 1.35. The van der Waals surface area contributed by atoms with E-state index in [2.05, 4.69) is 74.5 Å². The number of ether oxygens (including phenoxy) is 1. The van der Waals surface area contributed by atoms with Crippen LogP contribution in [0.3, 0.4) is 0 Å². The smallest absolute Gasteiger partial charge is 0.116 e. The first-order valence-electron chi connectivity index (χ1n) is 5.65. The van der Waals surface area contributed by atoms with E-state index < -0.39 is 0 Å². The minimum atomic E-state index is 0.243. The van der Waals surface area contributed by atoms with Gasteiger partial charge in [0.05, 0.1) is 34.2 Å². The summed E-state index contributed by atoms with van der Waals surface area (Å²) in [6.07, 6.45) is 0.485. The minimum Gasteiger partial charge on any atom is -0.359 e. The number of para-hydroxylation sites is 2. The second-order valence-electron chi connectivity index (χ2n) is 4.38. The van der Waals surface area contributed by atoms with Gasteiger partial charge in [-0.05, 0) is 12.1 Å². The van der Waals surface area contributed by atoms with Crippen molar-refractivity contribution in [3.8, 4) is 0 Å². The first-order chi connectivity index (χ1) is 8.36. The zero-order valence-corrected chi connectivity index (χ0v) is 11.2. The summed E-state index contributed by atoms with van der Waals surface area (Å²) in [5.74, 6) is 0. The Kier molecular flexibility index (Phi) is 2.02. The van der Waals surface area contributed by atoms with Crippen molar-refractivity contribution < 1.29 is 4.74 Å². The fraction of sp³-hybridized carbons (Fsp3) is 0.143. The predicted molar refractivity (Wildman–Crippen MR) is 75.6 cm³/mol. The van der Waals surface area contributed by atoms with Crippen LogP contribution in [0.5, 0.6) is 0 Å². The van der Waals surface area contributed by atoms with E-state index in [1.54, 1.807) is 0 Å². The number of epoxide rings is 1. The lowest BCUT2D eigenvalue weighted by Gasteiger charge is -2.19. The molecule has 1 fully saturated rings. The Labute approximate surface area is 114 Å². The van der Waals surface area contributed by atoms with E-state index in [0.717, 1.165) is 0 Å². The molecule has 0 amide bonds. The summed E-state index contributed by atoms with van der Waals surface area (Å²) in [6.45, 7) is 0. The number of halogens is 1. The molecule has 3 heteroatoms. The molecule has 2 aromatic carbocycles. The van der Waals surface area contributed by atoms with Gasteiger partial charge in [-0.25, -0.2) is 0 Å². The lowest BCUT2D eigenvalue weighted by Crippen LogP contribution is -2.03. The maximum atomic E-state index is 5.83. The van der Waals surface area contributed by atoms with Crippen molar-refractivity contribution in [3.63, 3.8) is 0 Å². The fourth-order valence-electron chi connectivity index (χ4n) is 2.53. The van der Waals surface area contributed by atoms with Crippen molar-refractivity contribution in [1.82, 2.24) is 0 Å². The Bertz CT molecular complexity index is 547. The molecule has 0 N–H and O–H groups in total. The van der Waals surface area contributed by atoms with Gasteiger partial charge in [-0.3, -0.25) is 3.11 Å². The molecule has 0 saturated carbocycles. The van der Waals surface area contributed by atoms with Crippen molar-refractivity contribution >= 4 is 34.2 Å². The van der Waals surface area contributed by atoms with Gasteiger partial charge in [0.1, 0.15) is 12.2 Å². The maximum Gasteiger partial charge on any atom is 0.116 e. The Morgan fingerprint density at radius 2 is 1.29 bits per heavy atom. The Morgan fingerprint density at radius 3 is 1.82 bits per heavy atom. The molecule has 0 radical (unpaired) electrons. The van der Waals surface area contributed by atoms with Gasteiger partial charge in [0.2, 0.25) is 0 Å². The first kappa shape index (κ1) is 9.91. The minimum absolute atomic E-state index is 0.243. The number of nitrogens with zero attached hydrogens (tertiary/aromatic N) is 1. The summed E-state index contributed by atoms with van der Waals surface area (Å²) in [7, 11) is 0. The molecule has 2 heterocycles. The van der Waals surface area contributed by atoms with Crippen LogP contribution in [0, 0.1) is 0 Å². The van der Waals surface area contributed by atoms with Gasteiger partial charge in [0.15, 0.2) is 0 Å². The van der Waals surface area contributed by atoms with Gasteiger partial charge in [0.25, 0.3) is 0 Å². The lowest BCUT2D eigenvalue weighted by atomic mass is 10.0. The molecule has 0 spiro atoms. The number of hydrogen-bond donors (Lipinski definition) is 0. The second-order valence-corrected chi connectivity index (χ2v) is 5.34. The molecule has 2 atom stereocenters. The second kappa shape index (κ2) is 3.46. The van der Waals surface area contributed by atoms with Gasteiger partial charge < -0.3 is 4.74 Å². The number of hydrogen-bond acceptors (Lipinski definition) is 2. The van der Waals surface area contributed by atoms with Crippen molar-refractivity contribution in [3.05, 3.63) is 59.7 Å². The summed E-state index contributed by atoms with van der Waals surface area (Å²) in [4.78, 5) is 0. The highest BCUT2D eigenvalue weighted by Gasteiger charge is 2.46. The van der Waals surface area contributed by atoms with Crippen molar-refractivity contribution in [2.75, 3.05) is 3.11 Å². The molecular weight excluding hydrogens is 325 g/mol. The molecule has 0 bridgehead atoms. The van der Waals surface area contributed by atoms with Gasteiger partial charge in [-0.1, -0.05) is 36.4 Å². The number of fused-ring (bicyclic) bond motifs is 5. The molecule has 2 aromatic rings. The summed E-state index contributed by atoms with van der Waals surface area (Å²) in [6, 6.07) is 17.0. The summed E-state index contributed by atoms with van der Waals surface area (Å²) in [5.41, 5.74) is 5.07. The molecule has 84 valence electrons. The van der Waals surface area contributed by atoms with E-state index in [1.807, 2.05) is 0 Å². The predicted octanol–water partition coefficient (Wildman–Crippen LogP) is 4.30. The molecule has 0 aliphatic carbocycles. The van der Waals surface area contributed by atoms with Crippen molar-refractivity contribution in [2.45, 2.75) is 12.2 Å². The fourth-order valence-corrected chi connectivity index (χ4v) is 3.41. The van der Waals surface area contributed by atoms with Crippen molar-refractivity contribution in [1.29, 1.82) is 0 Å². The number of anilines is 2. The van der Waals surface area contributed by atoms with Gasteiger partial charge in [-0.15, -0.1) is 0 Å². The number of rotatable bonds is 0. The largest absolute Gasteiger partial charge is 0.359 e. The van der Waals surface area contributed by atoms with E-state index in [0.29, 0.717) is 0 Å². The Hall–Kier alpha value is -1.07. The van der Waals surface area contributed by atoms with Crippen molar-refractivity contribution in [2.24, 2.45) is 0 Å². The Balaban J connectivity index is 1.99. The SMILES string of the molecule is IN1c2ccccc2C2OC2c2ccccc21. The quantitative estimate of drug-likeness (QED) is 0.405. The lowest BCUT2D eigenvalue weighted by molar-refractivity contribution is 0.377. The highest BCUT2D eigenvalue weighted by atomic mass is 127. The van der Waals surface area contributed by atoms with Crippen LogP contribution in [0.15, 0.2) is 48.5 Å². The van der Waals surface area contributed by atoms with Crippen LogP contribution in [-0.2, 0) is 4.74 Å². The van der Waals surface area contributed by atoms with Gasteiger partial charge >= 0.3 is 0 Å². The molecule has 4 rings (SSSR count). The zero-order chi connectivity index (χ0) is 11.4. The highest BCUT2D eigenvalue weighted by molar-refractivity contribution is 14.1. The van der Waals surface area contributed by atoms with E-state index >= 15 is 0 Å². The molecule has 2 aliphatic heterocycles. The van der Waals surface area contributed by atoms with E-state index in [4.69, 9.17) is 4.74 Å². The maximum absolute atomic E-state index is 5.83. The van der Waals surface area contributed by atoms with Gasteiger partial charge in [0, 0.05) is 11.1 Å². The summed E-state index contributed by atoms with van der Waals surface area (Å²) >= 11 is 2.37. The van der Waals surface area contributed by atoms with Crippen LogP contribution < -0.4 is 3.11 Å². The zero-order valence-electron chi connectivity index (χ0n) is 9.01.